The molecule has 2 heterocycles. The predicted octanol–water partition coefficient (Wildman–Crippen LogP) is 2.75. The van der Waals surface area contributed by atoms with E-state index in [1.165, 1.54) is 0 Å². The molecular formula is C12H17BrN2OS. The molecule has 0 saturated carbocycles. The summed E-state index contributed by atoms with van der Waals surface area (Å²) in [7, 11) is 1.91. The van der Waals surface area contributed by atoms with Crippen molar-refractivity contribution < 1.29 is 4.79 Å². The summed E-state index contributed by atoms with van der Waals surface area (Å²) >= 11 is 5.35. The Hall–Kier alpha value is -0.420. The van der Waals surface area contributed by atoms with Crippen molar-refractivity contribution in [1.82, 2.24) is 9.47 Å². The zero-order valence-electron chi connectivity index (χ0n) is 10.3. The summed E-state index contributed by atoms with van der Waals surface area (Å²) in [6, 6.07) is 2.19. The lowest BCUT2D eigenvalue weighted by Crippen LogP contribution is -2.48. The first-order chi connectivity index (χ1) is 8.00. The zero-order chi connectivity index (χ0) is 12.6. The minimum Gasteiger partial charge on any atom is -0.345 e. The van der Waals surface area contributed by atoms with Crippen LogP contribution in [0.4, 0.5) is 0 Å². The molecule has 3 nitrogen and oxygen atoms in total. The largest absolute Gasteiger partial charge is 0.345 e. The van der Waals surface area contributed by atoms with Crippen molar-refractivity contribution in [2.75, 3.05) is 12.3 Å². The molecule has 94 valence electrons. The maximum absolute atomic E-state index is 12.5. The molecule has 1 fully saturated rings. The van der Waals surface area contributed by atoms with E-state index >= 15 is 0 Å². The molecule has 5 heteroatoms. The number of nitrogens with zero attached hydrogens (tertiary/aromatic N) is 2. The second kappa shape index (κ2) is 5.06. The summed E-state index contributed by atoms with van der Waals surface area (Å²) in [6.45, 7) is 5.17. The van der Waals surface area contributed by atoms with Gasteiger partial charge in [0.15, 0.2) is 0 Å². The van der Waals surface area contributed by atoms with Crippen LogP contribution in [0.15, 0.2) is 16.7 Å². The van der Waals surface area contributed by atoms with Gasteiger partial charge in [0.1, 0.15) is 5.69 Å². The van der Waals surface area contributed by atoms with E-state index in [1.807, 2.05) is 40.5 Å². The van der Waals surface area contributed by atoms with Crippen LogP contribution >= 0.6 is 27.7 Å². The molecule has 1 aliphatic heterocycles. The number of hydrogen-bond donors (Lipinski definition) is 0. The molecule has 1 aromatic rings. The van der Waals surface area contributed by atoms with E-state index in [0.717, 1.165) is 22.5 Å². The summed E-state index contributed by atoms with van der Waals surface area (Å²) in [4.78, 5) is 14.5. The van der Waals surface area contributed by atoms with Crippen molar-refractivity contribution in [3.05, 3.63) is 22.4 Å². The highest BCUT2D eigenvalue weighted by molar-refractivity contribution is 9.10. The summed E-state index contributed by atoms with van der Waals surface area (Å²) in [5.74, 6) is 1.17. The van der Waals surface area contributed by atoms with E-state index in [2.05, 4.69) is 29.8 Å². The number of thioether (sulfide) groups is 1. The number of hydrogen-bond acceptors (Lipinski definition) is 2. The molecule has 0 N–H and O–H groups in total. The molecule has 1 saturated heterocycles. The number of rotatable bonds is 1. The van der Waals surface area contributed by atoms with Gasteiger partial charge in [-0.2, -0.15) is 11.8 Å². The summed E-state index contributed by atoms with van der Waals surface area (Å²) in [5, 5.41) is 0.511. The third-order valence-corrected chi connectivity index (χ3v) is 5.11. The number of aromatic nitrogens is 1. The standard InChI is InChI=1S/C12H17BrN2OS/c1-8-9(2)17-5-4-15(8)12(16)11-6-10(13)7-14(11)3/h6-9H,4-5H2,1-3H3. The Morgan fingerprint density at radius 3 is 2.82 bits per heavy atom. The molecule has 2 atom stereocenters. The molecule has 1 aliphatic rings. The highest BCUT2D eigenvalue weighted by Crippen LogP contribution is 2.26. The molecule has 17 heavy (non-hydrogen) atoms. The Morgan fingerprint density at radius 2 is 2.24 bits per heavy atom. The molecule has 0 radical (unpaired) electrons. The van der Waals surface area contributed by atoms with Gasteiger partial charge in [-0.15, -0.1) is 0 Å². The lowest BCUT2D eigenvalue weighted by Gasteiger charge is -2.37. The van der Waals surface area contributed by atoms with E-state index in [4.69, 9.17) is 0 Å². The third-order valence-electron chi connectivity index (χ3n) is 3.34. The van der Waals surface area contributed by atoms with Gasteiger partial charge in [-0.05, 0) is 28.9 Å². The number of halogens is 1. The van der Waals surface area contributed by atoms with Crippen LogP contribution < -0.4 is 0 Å². The van der Waals surface area contributed by atoms with Gasteiger partial charge in [-0.1, -0.05) is 6.92 Å². The second-order valence-corrected chi connectivity index (χ2v) is 6.87. The topological polar surface area (TPSA) is 25.2 Å². The molecule has 0 spiro atoms. The van der Waals surface area contributed by atoms with Crippen LogP contribution in [-0.2, 0) is 7.05 Å². The maximum Gasteiger partial charge on any atom is 0.270 e. The van der Waals surface area contributed by atoms with Crippen molar-refractivity contribution in [2.24, 2.45) is 7.05 Å². The Morgan fingerprint density at radius 1 is 1.53 bits per heavy atom. The number of carbonyl (C=O) groups is 1. The van der Waals surface area contributed by atoms with Gasteiger partial charge in [-0.3, -0.25) is 4.79 Å². The molecule has 2 unspecified atom stereocenters. The van der Waals surface area contributed by atoms with E-state index < -0.39 is 0 Å². The van der Waals surface area contributed by atoms with Gasteiger partial charge in [0.25, 0.3) is 5.91 Å². The van der Waals surface area contributed by atoms with Gasteiger partial charge in [0.2, 0.25) is 0 Å². The molecule has 0 bridgehead atoms. The smallest absolute Gasteiger partial charge is 0.270 e. The molecule has 1 aromatic heterocycles. The molecule has 0 aliphatic carbocycles. The lowest BCUT2D eigenvalue weighted by atomic mass is 10.2. The van der Waals surface area contributed by atoms with E-state index in [9.17, 15) is 4.79 Å². The fourth-order valence-corrected chi connectivity index (χ4v) is 3.73. The van der Waals surface area contributed by atoms with Gasteiger partial charge >= 0.3 is 0 Å². The SMILES string of the molecule is CC1SCCN(C(=O)c2cc(Br)cn2C)C1C. The maximum atomic E-state index is 12.5. The summed E-state index contributed by atoms with van der Waals surface area (Å²) in [6.07, 6.45) is 1.92. The second-order valence-electron chi connectivity index (χ2n) is 4.47. The highest BCUT2D eigenvalue weighted by atomic mass is 79.9. The predicted molar refractivity (Wildman–Crippen MR) is 75.5 cm³/mol. The van der Waals surface area contributed by atoms with Gasteiger partial charge in [0, 0.05) is 41.3 Å². The van der Waals surface area contributed by atoms with Crippen LogP contribution in [0.3, 0.4) is 0 Å². The number of carbonyl (C=O) groups excluding carboxylic acids is 1. The van der Waals surface area contributed by atoms with Crippen molar-refractivity contribution in [3.63, 3.8) is 0 Å². The summed E-state index contributed by atoms with van der Waals surface area (Å²) < 4.78 is 2.83. The van der Waals surface area contributed by atoms with Gasteiger partial charge in [0.05, 0.1) is 0 Å². The third kappa shape index (κ3) is 2.55. The van der Waals surface area contributed by atoms with E-state index in [1.54, 1.807) is 0 Å². The molecular weight excluding hydrogens is 300 g/mol. The van der Waals surface area contributed by atoms with Crippen molar-refractivity contribution >= 4 is 33.6 Å². The minimum atomic E-state index is 0.137. The Balaban J connectivity index is 2.22. The fourth-order valence-electron chi connectivity index (χ4n) is 2.10. The van der Waals surface area contributed by atoms with Gasteiger partial charge in [-0.25, -0.2) is 0 Å². The fraction of sp³-hybridized carbons (Fsp3) is 0.583. The zero-order valence-corrected chi connectivity index (χ0v) is 12.7. The first kappa shape index (κ1) is 13.0. The van der Waals surface area contributed by atoms with Crippen molar-refractivity contribution in [3.8, 4) is 0 Å². The van der Waals surface area contributed by atoms with Crippen molar-refractivity contribution in [1.29, 1.82) is 0 Å². The number of amides is 1. The summed E-state index contributed by atoms with van der Waals surface area (Å²) in [5.41, 5.74) is 0.753. The molecule has 1 amide bonds. The monoisotopic (exact) mass is 316 g/mol. The lowest BCUT2D eigenvalue weighted by molar-refractivity contribution is 0.0688. The Kier molecular flexibility index (Phi) is 3.88. The van der Waals surface area contributed by atoms with Crippen LogP contribution in [0.25, 0.3) is 0 Å². The minimum absolute atomic E-state index is 0.137. The van der Waals surface area contributed by atoms with Crippen LogP contribution in [0.1, 0.15) is 24.3 Å². The van der Waals surface area contributed by atoms with Crippen LogP contribution in [-0.4, -0.2) is 39.0 Å². The van der Waals surface area contributed by atoms with Crippen LogP contribution in [0, 0.1) is 0 Å². The van der Waals surface area contributed by atoms with E-state index in [-0.39, 0.29) is 5.91 Å². The van der Waals surface area contributed by atoms with Gasteiger partial charge < -0.3 is 9.47 Å². The highest BCUT2D eigenvalue weighted by Gasteiger charge is 2.30. The quantitative estimate of drug-likeness (QED) is 0.796. The first-order valence-electron chi connectivity index (χ1n) is 5.75. The molecule has 2 rings (SSSR count). The average molecular weight is 317 g/mol. The normalized spacial score (nSPS) is 25.1. The Labute approximate surface area is 115 Å². The van der Waals surface area contributed by atoms with Crippen molar-refractivity contribution in [2.45, 2.75) is 25.1 Å². The van der Waals surface area contributed by atoms with E-state index in [0.29, 0.717) is 11.3 Å². The Bertz CT molecular complexity index is 432. The first-order valence-corrected chi connectivity index (χ1v) is 7.59. The van der Waals surface area contributed by atoms with Crippen LogP contribution in [0.5, 0.6) is 0 Å². The average Bonchev–Trinajstić information content (AvgIpc) is 2.61. The molecule has 0 aromatic carbocycles. The number of aryl methyl sites for hydroxylation is 1. The van der Waals surface area contributed by atoms with Crippen LogP contribution in [0.2, 0.25) is 0 Å².